The van der Waals surface area contributed by atoms with Gasteiger partial charge < -0.3 is 9.47 Å². The number of carbonyl (C=O) groups excluding carboxylic acids is 2. The third kappa shape index (κ3) is 9.70. The van der Waals surface area contributed by atoms with E-state index in [1.54, 1.807) is 24.3 Å². The van der Waals surface area contributed by atoms with E-state index >= 15 is 0 Å². The molecular weight excluding hydrogens is 424 g/mol. The van der Waals surface area contributed by atoms with Gasteiger partial charge in [0.25, 0.3) is 0 Å². The zero-order valence-electron chi connectivity index (χ0n) is 21.4. The average molecular weight is 467 g/mol. The standard InChI is InChI=1S/C30H42O4/c1-5-7-15-25(21-23(3)33-29(31)26-17-11-9-12-18-26)22-28(16-8-6-2)24(4)34-30(32)27-19-13-10-14-20-27/h9-14,17-20,23-25,28H,5-8,15-16,21-22H2,1-4H3. The van der Waals surface area contributed by atoms with Crippen LogP contribution in [0.25, 0.3) is 0 Å². The number of carbonyl (C=O) groups is 2. The number of hydrogen-bond acceptors (Lipinski definition) is 4. The lowest BCUT2D eigenvalue weighted by molar-refractivity contribution is 0.00894. The van der Waals surface area contributed by atoms with E-state index in [0.29, 0.717) is 17.0 Å². The maximum atomic E-state index is 12.6. The first-order chi connectivity index (χ1) is 16.4. The van der Waals surface area contributed by atoms with Crippen LogP contribution < -0.4 is 0 Å². The Morgan fingerprint density at radius 1 is 0.706 bits per heavy atom. The zero-order chi connectivity index (χ0) is 24.8. The van der Waals surface area contributed by atoms with E-state index in [1.165, 1.54) is 0 Å². The van der Waals surface area contributed by atoms with Gasteiger partial charge in [-0.05, 0) is 69.2 Å². The Hall–Kier alpha value is -2.62. The quantitative estimate of drug-likeness (QED) is 0.251. The molecule has 0 aliphatic carbocycles. The molecule has 0 aromatic heterocycles. The second-order valence-electron chi connectivity index (χ2n) is 9.44. The molecule has 0 aliphatic heterocycles. The van der Waals surface area contributed by atoms with Crippen LogP contribution in [0.5, 0.6) is 0 Å². The Balaban J connectivity index is 2.02. The molecule has 4 nitrogen and oxygen atoms in total. The van der Waals surface area contributed by atoms with Gasteiger partial charge in [0.1, 0.15) is 6.10 Å². The first-order valence-electron chi connectivity index (χ1n) is 13.0. The Morgan fingerprint density at radius 3 is 1.74 bits per heavy atom. The van der Waals surface area contributed by atoms with Gasteiger partial charge in [0.2, 0.25) is 0 Å². The molecule has 4 unspecified atom stereocenters. The predicted octanol–water partition coefficient (Wildman–Crippen LogP) is 7.87. The van der Waals surface area contributed by atoms with Gasteiger partial charge in [-0.2, -0.15) is 0 Å². The van der Waals surface area contributed by atoms with Crippen LogP contribution >= 0.6 is 0 Å². The molecule has 0 saturated carbocycles. The minimum absolute atomic E-state index is 0.162. The number of unbranched alkanes of at least 4 members (excludes halogenated alkanes) is 2. The van der Waals surface area contributed by atoms with Crippen LogP contribution in [0.15, 0.2) is 60.7 Å². The van der Waals surface area contributed by atoms with Crippen molar-refractivity contribution >= 4 is 11.9 Å². The molecule has 2 aromatic rings. The Labute approximate surface area is 206 Å². The summed E-state index contributed by atoms with van der Waals surface area (Å²) in [6.07, 6.45) is 8.07. The van der Waals surface area contributed by atoms with Gasteiger partial charge in [-0.25, -0.2) is 9.59 Å². The third-order valence-corrected chi connectivity index (χ3v) is 6.48. The molecule has 0 bridgehead atoms. The summed E-state index contributed by atoms with van der Waals surface area (Å²) in [5, 5.41) is 0. The van der Waals surface area contributed by atoms with Crippen LogP contribution in [0.3, 0.4) is 0 Å². The molecule has 0 spiro atoms. The molecule has 0 saturated heterocycles. The van der Waals surface area contributed by atoms with Gasteiger partial charge >= 0.3 is 11.9 Å². The van der Waals surface area contributed by atoms with Gasteiger partial charge in [-0.3, -0.25) is 0 Å². The van der Waals surface area contributed by atoms with Crippen molar-refractivity contribution in [2.75, 3.05) is 0 Å². The molecular formula is C30H42O4. The normalized spacial score (nSPS) is 14.6. The first-order valence-corrected chi connectivity index (χ1v) is 13.0. The molecule has 2 aromatic carbocycles. The SMILES string of the molecule is CCCCC(CC(C)OC(=O)c1ccccc1)CC(CCCC)C(C)OC(=O)c1ccccc1. The highest BCUT2D eigenvalue weighted by molar-refractivity contribution is 5.89. The summed E-state index contributed by atoms with van der Waals surface area (Å²) < 4.78 is 11.7. The van der Waals surface area contributed by atoms with Crippen LogP contribution in [0, 0.1) is 11.8 Å². The van der Waals surface area contributed by atoms with E-state index in [9.17, 15) is 9.59 Å². The van der Waals surface area contributed by atoms with Crippen molar-refractivity contribution in [1.29, 1.82) is 0 Å². The Morgan fingerprint density at radius 2 is 1.21 bits per heavy atom. The molecule has 0 amide bonds. The van der Waals surface area contributed by atoms with Gasteiger partial charge in [0, 0.05) is 0 Å². The van der Waals surface area contributed by atoms with E-state index in [-0.39, 0.29) is 30.1 Å². The van der Waals surface area contributed by atoms with Crippen molar-refractivity contribution in [1.82, 2.24) is 0 Å². The summed E-state index contributed by atoms with van der Waals surface area (Å²) in [5.74, 6) is 0.171. The molecule has 0 N–H and O–H groups in total. The summed E-state index contributed by atoms with van der Waals surface area (Å²) in [5.41, 5.74) is 1.18. The van der Waals surface area contributed by atoms with Gasteiger partial charge in [0.15, 0.2) is 0 Å². The third-order valence-electron chi connectivity index (χ3n) is 6.48. The largest absolute Gasteiger partial charge is 0.459 e. The zero-order valence-corrected chi connectivity index (χ0v) is 21.4. The number of hydrogen-bond donors (Lipinski definition) is 0. The average Bonchev–Trinajstić information content (AvgIpc) is 2.85. The summed E-state index contributed by atoms with van der Waals surface area (Å²) in [4.78, 5) is 25.1. The fourth-order valence-corrected chi connectivity index (χ4v) is 4.51. The van der Waals surface area contributed by atoms with E-state index in [1.807, 2.05) is 50.2 Å². The summed E-state index contributed by atoms with van der Waals surface area (Å²) >= 11 is 0. The monoisotopic (exact) mass is 466 g/mol. The molecule has 0 fully saturated rings. The maximum absolute atomic E-state index is 12.6. The molecule has 186 valence electrons. The number of ether oxygens (including phenoxy) is 2. The summed E-state index contributed by atoms with van der Waals surface area (Å²) in [6.45, 7) is 8.41. The second kappa shape index (κ2) is 15.3. The molecule has 0 aliphatic rings. The smallest absolute Gasteiger partial charge is 0.338 e. The van der Waals surface area contributed by atoms with E-state index in [4.69, 9.17) is 9.47 Å². The van der Waals surface area contributed by atoms with Crippen LogP contribution in [-0.2, 0) is 9.47 Å². The number of rotatable bonds is 15. The highest BCUT2D eigenvalue weighted by atomic mass is 16.5. The molecule has 2 rings (SSSR count). The van der Waals surface area contributed by atoms with Crippen molar-refractivity contribution in [3.63, 3.8) is 0 Å². The molecule has 0 heterocycles. The van der Waals surface area contributed by atoms with Crippen LogP contribution in [-0.4, -0.2) is 24.1 Å². The molecule has 4 heteroatoms. The van der Waals surface area contributed by atoms with Crippen LogP contribution in [0.2, 0.25) is 0 Å². The van der Waals surface area contributed by atoms with Crippen molar-refractivity contribution in [3.05, 3.63) is 71.8 Å². The van der Waals surface area contributed by atoms with Crippen molar-refractivity contribution in [3.8, 4) is 0 Å². The lowest BCUT2D eigenvalue weighted by atomic mass is 9.82. The predicted molar refractivity (Wildman–Crippen MR) is 138 cm³/mol. The fraction of sp³-hybridized carbons (Fsp3) is 0.533. The number of benzene rings is 2. The Bertz CT molecular complexity index is 833. The topological polar surface area (TPSA) is 52.6 Å². The fourth-order valence-electron chi connectivity index (χ4n) is 4.51. The van der Waals surface area contributed by atoms with Gasteiger partial charge in [-0.15, -0.1) is 0 Å². The van der Waals surface area contributed by atoms with Crippen molar-refractivity contribution in [2.24, 2.45) is 11.8 Å². The van der Waals surface area contributed by atoms with E-state index < -0.39 is 0 Å². The molecule has 0 radical (unpaired) electrons. The minimum atomic E-state index is -0.268. The lowest BCUT2D eigenvalue weighted by Crippen LogP contribution is -2.28. The highest BCUT2D eigenvalue weighted by Gasteiger charge is 2.26. The van der Waals surface area contributed by atoms with Crippen LogP contribution in [0.4, 0.5) is 0 Å². The van der Waals surface area contributed by atoms with Crippen molar-refractivity contribution in [2.45, 2.75) is 91.3 Å². The van der Waals surface area contributed by atoms with Gasteiger partial charge in [0.05, 0.1) is 17.2 Å². The molecule has 34 heavy (non-hydrogen) atoms. The minimum Gasteiger partial charge on any atom is -0.459 e. The summed E-state index contributed by atoms with van der Waals surface area (Å²) in [6, 6.07) is 18.4. The van der Waals surface area contributed by atoms with E-state index in [0.717, 1.165) is 51.4 Å². The first kappa shape index (κ1) is 27.6. The van der Waals surface area contributed by atoms with Crippen LogP contribution in [0.1, 0.15) is 99.8 Å². The van der Waals surface area contributed by atoms with Crippen molar-refractivity contribution < 1.29 is 19.1 Å². The Kier molecular flexibility index (Phi) is 12.4. The maximum Gasteiger partial charge on any atom is 0.338 e. The molecule has 4 atom stereocenters. The highest BCUT2D eigenvalue weighted by Crippen LogP contribution is 2.30. The second-order valence-corrected chi connectivity index (χ2v) is 9.44. The summed E-state index contributed by atoms with van der Waals surface area (Å²) in [7, 11) is 0. The lowest BCUT2D eigenvalue weighted by Gasteiger charge is -2.29. The van der Waals surface area contributed by atoms with Gasteiger partial charge in [-0.1, -0.05) is 82.3 Å². The van der Waals surface area contributed by atoms with E-state index in [2.05, 4.69) is 13.8 Å². The number of esters is 2.